The first-order valence-corrected chi connectivity index (χ1v) is 4.19. The van der Waals surface area contributed by atoms with Crippen LogP contribution in [0.15, 0.2) is 6.33 Å². The van der Waals surface area contributed by atoms with E-state index in [0.717, 1.165) is 0 Å². The molecule has 0 amide bonds. The van der Waals surface area contributed by atoms with Crippen LogP contribution < -0.4 is 0 Å². The molecule has 1 atom stereocenters. The monoisotopic (exact) mass is 204 g/mol. The maximum Gasteiger partial charge on any atom is 0.305 e. The Balaban J connectivity index is 3.06. The summed E-state index contributed by atoms with van der Waals surface area (Å²) in [5.74, 6) is -0.960. The fraction of sp³-hybridized carbons (Fsp3) is 0.333. The number of nitrogens with zero attached hydrogens (tertiary/aromatic N) is 4. The van der Waals surface area contributed by atoms with Crippen molar-refractivity contribution in [1.29, 1.82) is 10.5 Å². The zero-order valence-electron chi connectivity index (χ0n) is 8.01. The van der Waals surface area contributed by atoms with Crippen LogP contribution in [0.5, 0.6) is 0 Å². The summed E-state index contributed by atoms with van der Waals surface area (Å²) in [5.41, 5.74) is 0.126. The largest absolute Gasteiger partial charge is 0.481 e. The molecule has 0 aliphatic carbocycles. The van der Waals surface area contributed by atoms with Crippen molar-refractivity contribution in [3.8, 4) is 12.1 Å². The highest BCUT2D eigenvalue weighted by Gasteiger charge is 2.16. The lowest BCUT2D eigenvalue weighted by atomic mass is 10.2. The minimum atomic E-state index is -0.960. The van der Waals surface area contributed by atoms with Gasteiger partial charge in [0.05, 0.1) is 12.7 Å². The van der Waals surface area contributed by atoms with Crippen LogP contribution in [-0.4, -0.2) is 20.6 Å². The first-order valence-electron chi connectivity index (χ1n) is 4.19. The minimum Gasteiger partial charge on any atom is -0.481 e. The molecule has 0 fully saturated rings. The Kier molecular flexibility index (Phi) is 3.04. The Labute approximate surface area is 86.0 Å². The quantitative estimate of drug-likeness (QED) is 0.778. The van der Waals surface area contributed by atoms with E-state index in [1.807, 2.05) is 6.07 Å². The smallest absolute Gasteiger partial charge is 0.305 e. The highest BCUT2D eigenvalue weighted by Crippen LogP contribution is 2.15. The number of hydrogen-bond donors (Lipinski definition) is 1. The summed E-state index contributed by atoms with van der Waals surface area (Å²) in [6, 6.07) is 3.21. The molecule has 1 aromatic rings. The van der Waals surface area contributed by atoms with Crippen LogP contribution in [0.4, 0.5) is 0 Å². The molecule has 0 saturated heterocycles. The van der Waals surface area contributed by atoms with Crippen molar-refractivity contribution in [2.45, 2.75) is 19.4 Å². The first kappa shape index (κ1) is 10.7. The summed E-state index contributed by atoms with van der Waals surface area (Å²) >= 11 is 0. The normalized spacial score (nSPS) is 11.4. The molecule has 0 bridgehead atoms. The molecule has 0 saturated carbocycles. The average Bonchev–Trinajstić information content (AvgIpc) is 2.58. The fourth-order valence-electron chi connectivity index (χ4n) is 1.24. The van der Waals surface area contributed by atoms with Crippen molar-refractivity contribution < 1.29 is 9.90 Å². The zero-order chi connectivity index (χ0) is 11.4. The van der Waals surface area contributed by atoms with Crippen LogP contribution in [-0.2, 0) is 4.79 Å². The van der Waals surface area contributed by atoms with Crippen molar-refractivity contribution in [2.75, 3.05) is 0 Å². The third-order valence-corrected chi connectivity index (χ3v) is 1.95. The number of carbonyl (C=O) groups is 1. The lowest BCUT2D eigenvalue weighted by Crippen LogP contribution is -2.11. The average molecular weight is 204 g/mol. The molecule has 0 spiro atoms. The van der Waals surface area contributed by atoms with Crippen molar-refractivity contribution in [1.82, 2.24) is 9.55 Å². The molecule has 15 heavy (non-hydrogen) atoms. The highest BCUT2D eigenvalue weighted by molar-refractivity contribution is 5.67. The van der Waals surface area contributed by atoms with Gasteiger partial charge in [-0.2, -0.15) is 10.5 Å². The van der Waals surface area contributed by atoms with Gasteiger partial charge in [0.1, 0.15) is 12.1 Å². The van der Waals surface area contributed by atoms with Gasteiger partial charge in [-0.25, -0.2) is 4.98 Å². The zero-order valence-corrected chi connectivity index (χ0v) is 8.01. The van der Waals surface area contributed by atoms with Gasteiger partial charge in [0.15, 0.2) is 11.4 Å². The fourth-order valence-corrected chi connectivity index (χ4v) is 1.24. The number of imidazole rings is 1. The summed E-state index contributed by atoms with van der Waals surface area (Å²) < 4.78 is 1.40. The van der Waals surface area contributed by atoms with Crippen LogP contribution in [0.2, 0.25) is 0 Å². The second-order valence-electron chi connectivity index (χ2n) is 3.02. The molecule has 0 aliphatic rings. The minimum absolute atomic E-state index is 0.0229. The second kappa shape index (κ2) is 4.25. The molecule has 0 aliphatic heterocycles. The van der Waals surface area contributed by atoms with Gasteiger partial charge in [-0.05, 0) is 6.92 Å². The summed E-state index contributed by atoms with van der Waals surface area (Å²) in [6.45, 7) is 1.65. The predicted octanol–water partition coefficient (Wildman–Crippen LogP) is 0.662. The van der Waals surface area contributed by atoms with E-state index < -0.39 is 12.0 Å². The number of hydrogen-bond acceptors (Lipinski definition) is 4. The third kappa shape index (κ3) is 2.12. The van der Waals surface area contributed by atoms with Crippen molar-refractivity contribution in [2.24, 2.45) is 0 Å². The van der Waals surface area contributed by atoms with Crippen LogP contribution in [0.3, 0.4) is 0 Å². The van der Waals surface area contributed by atoms with Gasteiger partial charge in [-0.15, -0.1) is 0 Å². The summed E-state index contributed by atoms with van der Waals surface area (Å²) in [5, 5.41) is 26.0. The maximum atomic E-state index is 10.5. The SMILES string of the molecule is CC(CC(=O)O)n1cnc(C#N)c1C#N. The van der Waals surface area contributed by atoms with Gasteiger partial charge in [0.2, 0.25) is 0 Å². The van der Waals surface area contributed by atoms with E-state index in [2.05, 4.69) is 4.98 Å². The Morgan fingerprint density at radius 1 is 1.67 bits per heavy atom. The number of aromatic nitrogens is 2. The standard InChI is InChI=1S/C9H8N4O2/c1-6(2-9(14)15)13-5-12-7(3-10)8(13)4-11/h5-6H,2H2,1H3,(H,14,15). The van der Waals surface area contributed by atoms with E-state index >= 15 is 0 Å². The van der Waals surface area contributed by atoms with E-state index in [4.69, 9.17) is 15.6 Å². The lowest BCUT2D eigenvalue weighted by Gasteiger charge is -2.10. The first-order chi connectivity index (χ1) is 7.10. The molecule has 6 heteroatoms. The topological polar surface area (TPSA) is 103 Å². The van der Waals surface area contributed by atoms with Crippen molar-refractivity contribution >= 4 is 5.97 Å². The number of rotatable bonds is 3. The Hall–Kier alpha value is -2.34. The number of nitriles is 2. The van der Waals surface area contributed by atoms with E-state index in [1.54, 1.807) is 13.0 Å². The second-order valence-corrected chi connectivity index (χ2v) is 3.02. The van der Waals surface area contributed by atoms with Crippen molar-refractivity contribution in [3.63, 3.8) is 0 Å². The van der Waals surface area contributed by atoms with E-state index in [0.29, 0.717) is 0 Å². The Morgan fingerprint density at radius 3 is 2.80 bits per heavy atom. The van der Waals surface area contributed by atoms with Crippen LogP contribution in [0.25, 0.3) is 0 Å². The number of carboxylic acid groups (broad SMARTS) is 1. The Morgan fingerprint density at radius 2 is 2.33 bits per heavy atom. The van der Waals surface area contributed by atoms with Crippen LogP contribution >= 0.6 is 0 Å². The summed E-state index contributed by atoms with van der Waals surface area (Å²) in [6.07, 6.45) is 1.20. The lowest BCUT2D eigenvalue weighted by molar-refractivity contribution is -0.137. The molecule has 0 radical (unpaired) electrons. The summed E-state index contributed by atoms with van der Waals surface area (Å²) in [4.78, 5) is 14.2. The van der Waals surface area contributed by atoms with Crippen LogP contribution in [0, 0.1) is 22.7 Å². The van der Waals surface area contributed by atoms with Gasteiger partial charge in [0.25, 0.3) is 0 Å². The number of aliphatic carboxylic acids is 1. The molecule has 6 nitrogen and oxygen atoms in total. The summed E-state index contributed by atoms with van der Waals surface area (Å²) in [7, 11) is 0. The molecule has 1 aromatic heterocycles. The molecule has 76 valence electrons. The molecular weight excluding hydrogens is 196 g/mol. The molecule has 1 rings (SSSR count). The predicted molar refractivity (Wildman–Crippen MR) is 48.6 cm³/mol. The Bertz CT molecular complexity index is 463. The van der Waals surface area contributed by atoms with Gasteiger partial charge in [0, 0.05) is 6.04 Å². The third-order valence-electron chi connectivity index (χ3n) is 1.95. The van der Waals surface area contributed by atoms with Gasteiger partial charge in [-0.1, -0.05) is 0 Å². The highest BCUT2D eigenvalue weighted by atomic mass is 16.4. The molecule has 1 unspecified atom stereocenters. The van der Waals surface area contributed by atoms with E-state index in [1.165, 1.54) is 10.9 Å². The van der Waals surface area contributed by atoms with Gasteiger partial charge < -0.3 is 9.67 Å². The molecular formula is C9H8N4O2. The van der Waals surface area contributed by atoms with Gasteiger partial charge >= 0.3 is 5.97 Å². The van der Waals surface area contributed by atoms with E-state index in [9.17, 15) is 4.79 Å². The van der Waals surface area contributed by atoms with Crippen LogP contribution in [0.1, 0.15) is 30.8 Å². The number of carboxylic acids is 1. The van der Waals surface area contributed by atoms with E-state index in [-0.39, 0.29) is 17.8 Å². The molecule has 1 N–H and O–H groups in total. The molecule has 0 aromatic carbocycles. The van der Waals surface area contributed by atoms with Crippen molar-refractivity contribution in [3.05, 3.63) is 17.7 Å². The maximum absolute atomic E-state index is 10.5. The molecule has 1 heterocycles. The van der Waals surface area contributed by atoms with Gasteiger partial charge in [-0.3, -0.25) is 4.79 Å².